The average molecular weight is 522 g/mol. The monoisotopic (exact) mass is 521 g/mol. The first-order valence-electron chi connectivity index (χ1n) is 11.2. The van der Waals surface area contributed by atoms with E-state index in [0.717, 1.165) is 35.7 Å². The molecule has 0 aromatic heterocycles. The smallest absolute Gasteiger partial charge is 0.185 e. The molecule has 188 valence electrons. The largest absolute Gasteiger partial charge is 0.370 e. The maximum atomic E-state index is 14.6. The lowest BCUT2D eigenvalue weighted by Crippen LogP contribution is -2.18. The van der Waals surface area contributed by atoms with E-state index in [1.807, 2.05) is 42.3 Å². The number of sulfone groups is 2. The maximum absolute atomic E-state index is 14.6. The second-order valence-electron chi connectivity index (χ2n) is 8.66. The normalized spacial score (nSPS) is 12.9. The fourth-order valence-corrected chi connectivity index (χ4v) is 6.50. The molecule has 0 heterocycles. The lowest BCUT2D eigenvalue weighted by atomic mass is 10.1. The van der Waals surface area contributed by atoms with Crippen LogP contribution in [0.25, 0.3) is 0 Å². The van der Waals surface area contributed by atoms with Crippen LogP contribution in [0.15, 0.2) is 77.7 Å². The number of benzene rings is 3. The van der Waals surface area contributed by atoms with E-state index in [4.69, 9.17) is 0 Å². The van der Waals surface area contributed by atoms with Crippen molar-refractivity contribution in [3.63, 3.8) is 0 Å². The minimum atomic E-state index is -4.09. The average Bonchev–Trinajstić information content (AvgIpc) is 2.81. The van der Waals surface area contributed by atoms with Crippen LogP contribution in [-0.4, -0.2) is 35.9 Å². The highest BCUT2D eigenvalue weighted by Gasteiger charge is 2.31. The Morgan fingerprint density at radius 3 is 2.14 bits per heavy atom. The summed E-state index contributed by atoms with van der Waals surface area (Å²) in [5.74, 6) is -1.66. The van der Waals surface area contributed by atoms with Crippen LogP contribution >= 0.6 is 0 Å². The van der Waals surface area contributed by atoms with Gasteiger partial charge >= 0.3 is 0 Å². The van der Waals surface area contributed by atoms with Gasteiger partial charge in [0.1, 0.15) is 21.5 Å². The summed E-state index contributed by atoms with van der Waals surface area (Å²) < 4.78 is 78.5. The highest BCUT2D eigenvalue weighted by molar-refractivity contribution is 7.91. The van der Waals surface area contributed by atoms with Crippen molar-refractivity contribution in [3.05, 3.63) is 95.6 Å². The first-order valence-corrected chi connectivity index (χ1v) is 14.8. The zero-order chi connectivity index (χ0) is 25.6. The maximum Gasteiger partial charge on any atom is 0.185 e. The minimum Gasteiger partial charge on any atom is -0.370 e. The van der Waals surface area contributed by atoms with E-state index in [2.05, 4.69) is 0 Å². The molecule has 3 rings (SSSR count). The highest BCUT2D eigenvalue weighted by Crippen LogP contribution is 2.36. The SMILES string of the molecule is CN(Cc1ccccc1)c1ccc(S(=O)(=O)C(CCCCS(C)(=O)=O)c2cc(F)ccc2F)cc1. The Hall–Kier alpha value is -2.78. The molecule has 0 saturated heterocycles. The van der Waals surface area contributed by atoms with Crippen molar-refractivity contribution in [2.45, 2.75) is 36.0 Å². The van der Waals surface area contributed by atoms with Crippen LogP contribution in [-0.2, 0) is 26.2 Å². The molecule has 0 spiro atoms. The molecule has 3 aromatic rings. The number of anilines is 1. The third kappa shape index (κ3) is 7.35. The molecule has 9 heteroatoms. The van der Waals surface area contributed by atoms with Gasteiger partial charge < -0.3 is 4.90 Å². The van der Waals surface area contributed by atoms with Gasteiger partial charge in [0.25, 0.3) is 0 Å². The van der Waals surface area contributed by atoms with Crippen LogP contribution < -0.4 is 4.90 Å². The predicted molar refractivity (Wildman–Crippen MR) is 135 cm³/mol. The summed E-state index contributed by atoms with van der Waals surface area (Å²) in [6.07, 6.45) is 1.52. The Balaban J connectivity index is 1.86. The molecule has 0 bridgehead atoms. The molecule has 5 nitrogen and oxygen atoms in total. The summed E-state index contributed by atoms with van der Waals surface area (Å²) in [4.78, 5) is 1.96. The Morgan fingerprint density at radius 1 is 0.857 bits per heavy atom. The van der Waals surface area contributed by atoms with Gasteiger partial charge in [-0.05, 0) is 60.9 Å². The zero-order valence-corrected chi connectivity index (χ0v) is 21.3. The van der Waals surface area contributed by atoms with E-state index in [1.165, 1.54) is 12.1 Å². The highest BCUT2D eigenvalue weighted by atomic mass is 32.2. The van der Waals surface area contributed by atoms with Crippen molar-refractivity contribution in [2.75, 3.05) is 24.0 Å². The molecule has 1 atom stereocenters. The quantitative estimate of drug-likeness (QED) is 0.319. The van der Waals surface area contributed by atoms with Crippen LogP contribution in [0.2, 0.25) is 0 Å². The summed E-state index contributed by atoms with van der Waals surface area (Å²) in [5.41, 5.74) is 1.64. The molecule has 0 fully saturated rings. The van der Waals surface area contributed by atoms with Gasteiger partial charge in [-0.1, -0.05) is 36.8 Å². The molecule has 0 saturated carbocycles. The first-order chi connectivity index (χ1) is 16.5. The van der Waals surface area contributed by atoms with E-state index >= 15 is 0 Å². The Bertz CT molecular complexity index is 1340. The molecular weight excluding hydrogens is 492 g/mol. The van der Waals surface area contributed by atoms with E-state index in [1.54, 1.807) is 12.1 Å². The third-order valence-corrected chi connectivity index (χ3v) is 8.98. The van der Waals surface area contributed by atoms with Crippen LogP contribution in [0.5, 0.6) is 0 Å². The number of hydrogen-bond acceptors (Lipinski definition) is 5. The minimum absolute atomic E-state index is 0.00821. The Kier molecular flexibility index (Phi) is 8.66. The molecular formula is C26H29F2NO4S2. The van der Waals surface area contributed by atoms with Crippen LogP contribution in [0.3, 0.4) is 0 Å². The number of nitrogens with zero attached hydrogens (tertiary/aromatic N) is 1. The van der Waals surface area contributed by atoms with Crippen LogP contribution in [0.1, 0.15) is 35.6 Å². The lowest BCUT2D eigenvalue weighted by Gasteiger charge is -2.22. The van der Waals surface area contributed by atoms with Crippen molar-refractivity contribution in [1.82, 2.24) is 0 Å². The van der Waals surface area contributed by atoms with Gasteiger partial charge in [0.05, 0.1) is 10.1 Å². The summed E-state index contributed by atoms with van der Waals surface area (Å²) in [5, 5.41) is -1.34. The van der Waals surface area contributed by atoms with Crippen molar-refractivity contribution < 1.29 is 25.6 Å². The van der Waals surface area contributed by atoms with Gasteiger partial charge in [0, 0.05) is 36.9 Å². The molecule has 0 amide bonds. The van der Waals surface area contributed by atoms with Gasteiger partial charge in [0.2, 0.25) is 0 Å². The predicted octanol–water partition coefficient (Wildman–Crippen LogP) is 5.33. The molecule has 0 aliphatic carbocycles. The van der Waals surface area contributed by atoms with Crippen LogP contribution in [0, 0.1) is 11.6 Å². The molecule has 0 aliphatic heterocycles. The molecule has 0 aliphatic rings. The number of rotatable bonds is 11. The van der Waals surface area contributed by atoms with Gasteiger partial charge in [-0.15, -0.1) is 0 Å². The van der Waals surface area contributed by atoms with E-state index in [9.17, 15) is 25.6 Å². The zero-order valence-electron chi connectivity index (χ0n) is 19.7. The van der Waals surface area contributed by atoms with Gasteiger partial charge in [-0.3, -0.25) is 0 Å². The van der Waals surface area contributed by atoms with E-state index < -0.39 is 36.6 Å². The summed E-state index contributed by atoms with van der Waals surface area (Å²) in [7, 11) is -5.41. The Labute approximate surface area is 206 Å². The van der Waals surface area contributed by atoms with Crippen LogP contribution in [0.4, 0.5) is 14.5 Å². The fraction of sp³-hybridized carbons (Fsp3) is 0.308. The number of hydrogen-bond donors (Lipinski definition) is 0. The van der Waals surface area contributed by atoms with Crippen molar-refractivity contribution in [1.29, 1.82) is 0 Å². The van der Waals surface area contributed by atoms with Crippen molar-refractivity contribution >= 4 is 25.4 Å². The van der Waals surface area contributed by atoms with Gasteiger partial charge in [-0.2, -0.15) is 0 Å². The summed E-state index contributed by atoms with van der Waals surface area (Å²) in [6, 6.07) is 18.8. The van der Waals surface area contributed by atoms with Gasteiger partial charge in [-0.25, -0.2) is 25.6 Å². The number of unbranched alkanes of at least 4 members (excludes halogenated alkanes) is 1. The van der Waals surface area contributed by atoms with E-state index in [-0.39, 0.29) is 35.5 Å². The second kappa shape index (κ2) is 11.3. The molecule has 0 N–H and O–H groups in total. The standard InChI is InChI=1S/C26H29F2NO4S2/c1-29(19-20-8-4-3-5-9-20)22-12-14-23(15-13-22)35(32,33)26(10-6-7-17-34(2,30)31)24-18-21(27)11-16-25(24)28/h3-5,8-9,11-16,18,26H,6-7,10,17,19H2,1-2H3. The topological polar surface area (TPSA) is 71.5 Å². The molecule has 3 aromatic carbocycles. The van der Waals surface area contributed by atoms with Crippen molar-refractivity contribution in [3.8, 4) is 0 Å². The Morgan fingerprint density at radius 2 is 1.51 bits per heavy atom. The lowest BCUT2D eigenvalue weighted by molar-refractivity contribution is 0.543. The summed E-state index contributed by atoms with van der Waals surface area (Å²) >= 11 is 0. The molecule has 0 radical (unpaired) electrons. The second-order valence-corrected chi connectivity index (χ2v) is 13.1. The van der Waals surface area contributed by atoms with E-state index in [0.29, 0.717) is 6.54 Å². The van der Waals surface area contributed by atoms with Crippen molar-refractivity contribution in [2.24, 2.45) is 0 Å². The summed E-state index contributed by atoms with van der Waals surface area (Å²) in [6.45, 7) is 0.629. The number of halogens is 2. The first kappa shape index (κ1) is 26.8. The third-order valence-electron chi connectivity index (χ3n) is 5.78. The van der Waals surface area contributed by atoms with Gasteiger partial charge in [0.15, 0.2) is 9.84 Å². The fourth-order valence-electron chi connectivity index (χ4n) is 3.94. The molecule has 1 unspecified atom stereocenters. The molecule has 35 heavy (non-hydrogen) atoms.